The predicted octanol–water partition coefficient (Wildman–Crippen LogP) is 2.58. The second-order valence-electron chi connectivity index (χ2n) is 6.96. The van der Waals surface area contributed by atoms with E-state index in [9.17, 15) is 9.90 Å². The fraction of sp³-hybridized carbons (Fsp3) is 0.632. The molecule has 1 aromatic rings. The van der Waals surface area contributed by atoms with Gasteiger partial charge in [0.2, 0.25) is 5.91 Å². The Morgan fingerprint density at radius 3 is 2.32 bits per heavy atom. The van der Waals surface area contributed by atoms with Crippen molar-refractivity contribution in [1.82, 2.24) is 9.80 Å². The smallest absolute Gasteiger partial charge is 0.225 e. The maximum atomic E-state index is 12.0. The molecule has 5 nitrogen and oxygen atoms in total. The minimum atomic E-state index is -0.540. The molecule has 0 spiro atoms. The molecular weight excluding hydrogens is 340 g/mol. The zero-order chi connectivity index (χ0) is 18.4. The molecule has 0 aliphatic carbocycles. The summed E-state index contributed by atoms with van der Waals surface area (Å²) < 4.78 is 5.78. The fourth-order valence-corrected chi connectivity index (χ4v) is 3.08. The summed E-state index contributed by atoms with van der Waals surface area (Å²) in [4.78, 5) is 16.1. The van der Waals surface area contributed by atoms with Crippen molar-refractivity contribution < 1.29 is 14.6 Å². The summed E-state index contributed by atoms with van der Waals surface area (Å²) in [5.74, 6) is 0.250. The lowest BCUT2D eigenvalue weighted by Gasteiger charge is -2.36. The van der Waals surface area contributed by atoms with E-state index in [1.54, 1.807) is 0 Å². The lowest BCUT2D eigenvalue weighted by molar-refractivity contribution is -0.136. The number of hydrogen-bond acceptors (Lipinski definition) is 4. The summed E-state index contributed by atoms with van der Waals surface area (Å²) in [6.07, 6.45) is -0.630. The van der Waals surface area contributed by atoms with Gasteiger partial charge in [-0.1, -0.05) is 37.6 Å². The van der Waals surface area contributed by atoms with Crippen molar-refractivity contribution in [3.8, 4) is 0 Å². The Labute approximate surface area is 155 Å². The van der Waals surface area contributed by atoms with E-state index in [0.29, 0.717) is 11.6 Å². The normalized spacial score (nSPS) is 18.4. The van der Waals surface area contributed by atoms with E-state index in [4.69, 9.17) is 16.3 Å². The summed E-state index contributed by atoms with van der Waals surface area (Å²) in [6, 6.07) is 7.55. The molecule has 0 aromatic heterocycles. The quantitative estimate of drug-likeness (QED) is 0.803. The van der Waals surface area contributed by atoms with Crippen LogP contribution < -0.4 is 0 Å². The summed E-state index contributed by atoms with van der Waals surface area (Å²) >= 11 is 5.89. The maximum Gasteiger partial charge on any atom is 0.225 e. The van der Waals surface area contributed by atoms with Crippen LogP contribution in [0.1, 0.15) is 32.4 Å². The van der Waals surface area contributed by atoms with Crippen LogP contribution >= 0.6 is 11.6 Å². The first kappa shape index (κ1) is 20.2. The van der Waals surface area contributed by atoms with Crippen LogP contribution in [0.5, 0.6) is 0 Å². The number of nitrogens with zero attached hydrogens (tertiary/aromatic N) is 2. The van der Waals surface area contributed by atoms with Crippen LogP contribution in [0.25, 0.3) is 0 Å². The van der Waals surface area contributed by atoms with Gasteiger partial charge in [-0.2, -0.15) is 0 Å². The number of rotatable bonds is 7. The van der Waals surface area contributed by atoms with Crippen molar-refractivity contribution in [3.63, 3.8) is 0 Å². The molecule has 0 saturated carbocycles. The largest absolute Gasteiger partial charge is 0.389 e. The van der Waals surface area contributed by atoms with Crippen LogP contribution in [0.3, 0.4) is 0 Å². The van der Waals surface area contributed by atoms with Crippen molar-refractivity contribution in [2.45, 2.75) is 33.0 Å². The Bertz CT molecular complexity index is 542. The van der Waals surface area contributed by atoms with Crippen LogP contribution in [-0.4, -0.2) is 66.2 Å². The molecule has 6 heteroatoms. The van der Waals surface area contributed by atoms with Gasteiger partial charge in [0.15, 0.2) is 0 Å². The van der Waals surface area contributed by atoms with Gasteiger partial charge in [0.1, 0.15) is 0 Å². The molecular formula is C19H29ClN2O3. The molecule has 1 aromatic carbocycles. The molecule has 1 N–H and O–H groups in total. The standard InChI is InChI=1S/C19H29ClN2O3/c1-14(2)19(24)22-10-8-21(9-11-22)12-18(23)13-25-15(3)16-4-6-17(20)7-5-16/h4-7,14-15,18,23H,8-13H2,1-3H3/t15-,18-/m1/s1. The number of carbonyl (C=O) groups excluding carboxylic acids is 1. The number of amides is 1. The number of halogens is 1. The van der Waals surface area contributed by atoms with Crippen LogP contribution in [0.15, 0.2) is 24.3 Å². The zero-order valence-electron chi connectivity index (χ0n) is 15.3. The Balaban J connectivity index is 1.69. The highest BCUT2D eigenvalue weighted by atomic mass is 35.5. The first-order valence-electron chi connectivity index (χ1n) is 8.93. The minimum Gasteiger partial charge on any atom is -0.389 e. The topological polar surface area (TPSA) is 53.0 Å². The van der Waals surface area contributed by atoms with E-state index in [1.165, 1.54) is 0 Å². The van der Waals surface area contributed by atoms with Gasteiger partial charge < -0.3 is 14.7 Å². The molecule has 140 valence electrons. The monoisotopic (exact) mass is 368 g/mol. The second kappa shape index (κ2) is 9.53. The number of carbonyl (C=O) groups is 1. The third-order valence-electron chi connectivity index (χ3n) is 4.52. The molecule has 1 aliphatic heterocycles. The molecule has 1 heterocycles. The van der Waals surface area contributed by atoms with Crippen LogP contribution in [0, 0.1) is 5.92 Å². The number of aliphatic hydroxyl groups is 1. The highest BCUT2D eigenvalue weighted by Gasteiger charge is 2.24. The molecule has 1 amide bonds. The maximum absolute atomic E-state index is 12.0. The van der Waals surface area contributed by atoms with E-state index in [2.05, 4.69) is 4.90 Å². The van der Waals surface area contributed by atoms with Crippen LogP contribution in [-0.2, 0) is 9.53 Å². The highest BCUT2D eigenvalue weighted by molar-refractivity contribution is 6.30. The average molecular weight is 369 g/mol. The number of benzene rings is 1. The number of piperazine rings is 1. The summed E-state index contributed by atoms with van der Waals surface area (Å²) in [5, 5.41) is 10.9. The third kappa shape index (κ3) is 6.26. The summed E-state index contributed by atoms with van der Waals surface area (Å²) in [5.41, 5.74) is 1.04. The van der Waals surface area contributed by atoms with Crippen molar-refractivity contribution in [1.29, 1.82) is 0 Å². The Morgan fingerprint density at radius 1 is 1.16 bits per heavy atom. The number of ether oxygens (including phenoxy) is 1. The van der Waals surface area contributed by atoms with Gasteiger partial charge in [-0.3, -0.25) is 9.69 Å². The van der Waals surface area contributed by atoms with Gasteiger partial charge in [-0.05, 0) is 24.6 Å². The summed E-state index contributed by atoms with van der Waals surface area (Å²) in [7, 11) is 0. The Hall–Kier alpha value is -1.14. The molecule has 1 fully saturated rings. The van der Waals surface area contributed by atoms with E-state index in [0.717, 1.165) is 31.7 Å². The first-order valence-corrected chi connectivity index (χ1v) is 9.31. The molecule has 0 unspecified atom stereocenters. The Morgan fingerprint density at radius 2 is 1.76 bits per heavy atom. The second-order valence-corrected chi connectivity index (χ2v) is 7.40. The van der Waals surface area contributed by atoms with E-state index in [1.807, 2.05) is 49.9 Å². The third-order valence-corrected chi connectivity index (χ3v) is 4.78. The van der Waals surface area contributed by atoms with E-state index >= 15 is 0 Å². The van der Waals surface area contributed by atoms with Gasteiger partial charge in [0.05, 0.1) is 18.8 Å². The molecule has 1 aliphatic rings. The van der Waals surface area contributed by atoms with Gasteiger partial charge in [-0.15, -0.1) is 0 Å². The van der Waals surface area contributed by atoms with Crippen molar-refractivity contribution in [3.05, 3.63) is 34.9 Å². The zero-order valence-corrected chi connectivity index (χ0v) is 16.1. The van der Waals surface area contributed by atoms with Crippen molar-refractivity contribution in [2.24, 2.45) is 5.92 Å². The molecule has 2 rings (SSSR count). The van der Waals surface area contributed by atoms with Gasteiger partial charge in [0.25, 0.3) is 0 Å². The number of aliphatic hydroxyl groups excluding tert-OH is 1. The lowest BCUT2D eigenvalue weighted by atomic mass is 10.1. The SMILES string of the molecule is CC(C)C(=O)N1CCN(C[C@@H](O)CO[C@H](C)c2ccc(Cl)cc2)CC1. The van der Waals surface area contributed by atoms with Crippen molar-refractivity contribution >= 4 is 17.5 Å². The average Bonchev–Trinajstić information content (AvgIpc) is 2.60. The fourth-order valence-electron chi connectivity index (χ4n) is 2.95. The first-order chi connectivity index (χ1) is 11.9. The molecule has 2 atom stereocenters. The number of hydrogen-bond donors (Lipinski definition) is 1. The van der Waals surface area contributed by atoms with Gasteiger partial charge >= 0.3 is 0 Å². The minimum absolute atomic E-state index is 0.0416. The van der Waals surface area contributed by atoms with Gasteiger partial charge in [-0.25, -0.2) is 0 Å². The van der Waals surface area contributed by atoms with E-state index in [-0.39, 0.29) is 24.5 Å². The highest BCUT2D eigenvalue weighted by Crippen LogP contribution is 2.19. The van der Waals surface area contributed by atoms with Crippen LogP contribution in [0.4, 0.5) is 0 Å². The van der Waals surface area contributed by atoms with E-state index < -0.39 is 6.10 Å². The summed E-state index contributed by atoms with van der Waals surface area (Å²) in [6.45, 7) is 9.72. The lowest BCUT2D eigenvalue weighted by Crippen LogP contribution is -2.51. The Kier molecular flexibility index (Phi) is 7.69. The molecule has 0 radical (unpaired) electrons. The van der Waals surface area contributed by atoms with Gasteiger partial charge in [0, 0.05) is 43.7 Å². The molecule has 25 heavy (non-hydrogen) atoms. The van der Waals surface area contributed by atoms with Crippen LogP contribution in [0.2, 0.25) is 5.02 Å². The predicted molar refractivity (Wildman–Crippen MR) is 99.7 cm³/mol. The number of β-amino-alcohol motifs (C(OH)–C–C–N with tert-alkyl or cyclic N) is 1. The molecule has 1 saturated heterocycles. The molecule has 0 bridgehead atoms. The van der Waals surface area contributed by atoms with Crippen molar-refractivity contribution in [2.75, 3.05) is 39.3 Å².